The van der Waals surface area contributed by atoms with Crippen LogP contribution in [0.4, 0.5) is 0 Å². The van der Waals surface area contributed by atoms with Gasteiger partial charge in [-0.2, -0.15) is 5.10 Å². The molecule has 1 atom stereocenters. The monoisotopic (exact) mass is 368 g/mol. The fourth-order valence-electron chi connectivity index (χ4n) is 3.02. The Balaban J connectivity index is 0.00000208. The van der Waals surface area contributed by atoms with Crippen LogP contribution in [0.25, 0.3) is 5.69 Å². The van der Waals surface area contributed by atoms with Crippen LogP contribution in [0.5, 0.6) is 0 Å². The average molecular weight is 369 g/mol. The van der Waals surface area contributed by atoms with Gasteiger partial charge in [-0.1, -0.05) is 24.6 Å². The van der Waals surface area contributed by atoms with Gasteiger partial charge in [-0.3, -0.25) is 4.79 Å². The van der Waals surface area contributed by atoms with Gasteiger partial charge in [-0.05, 0) is 43.5 Å². The first-order valence-corrected chi connectivity index (χ1v) is 8.11. The van der Waals surface area contributed by atoms with Crippen molar-refractivity contribution < 1.29 is 4.79 Å². The largest absolute Gasteiger partial charge is 0.338 e. The van der Waals surface area contributed by atoms with Crippen LogP contribution in [-0.4, -0.2) is 40.2 Å². The van der Waals surface area contributed by atoms with E-state index < -0.39 is 0 Å². The molecule has 1 saturated heterocycles. The van der Waals surface area contributed by atoms with Crippen LogP contribution in [0, 0.1) is 12.3 Å². The summed E-state index contributed by atoms with van der Waals surface area (Å²) in [6, 6.07) is 7.43. The fraction of sp³-hybridized carbons (Fsp3) is 0.412. The second-order valence-corrected chi connectivity index (χ2v) is 6.96. The second-order valence-electron chi connectivity index (χ2n) is 6.53. The van der Waals surface area contributed by atoms with Crippen LogP contribution < -0.4 is 5.73 Å². The number of likely N-dealkylation sites (tertiary alicyclic amines) is 1. The van der Waals surface area contributed by atoms with Crippen LogP contribution in [-0.2, 0) is 0 Å². The lowest BCUT2D eigenvalue weighted by Gasteiger charge is -2.22. The molecule has 1 aliphatic rings. The zero-order valence-corrected chi connectivity index (χ0v) is 15.4. The molecule has 1 aliphatic heterocycles. The van der Waals surface area contributed by atoms with Gasteiger partial charge in [0.25, 0.3) is 5.91 Å². The summed E-state index contributed by atoms with van der Waals surface area (Å²) in [4.78, 5) is 14.7. The molecule has 7 heteroatoms. The summed E-state index contributed by atoms with van der Waals surface area (Å²) in [6.45, 7) is 6.07. The van der Waals surface area contributed by atoms with E-state index >= 15 is 0 Å². The summed E-state index contributed by atoms with van der Waals surface area (Å²) >= 11 is 6.04. The lowest BCUT2D eigenvalue weighted by molar-refractivity contribution is 0.0776. The fourth-order valence-corrected chi connectivity index (χ4v) is 3.21. The van der Waals surface area contributed by atoms with Gasteiger partial charge in [0.1, 0.15) is 0 Å². The highest BCUT2D eigenvalue weighted by Crippen LogP contribution is 2.30. The van der Waals surface area contributed by atoms with Crippen molar-refractivity contribution in [1.82, 2.24) is 14.7 Å². The standard InChI is InChI=1S/C17H21ClN4O.ClH/c1-12-15(16(23)21-7-6-17(2,10-19)11-21)9-20-22(12)14-5-3-4-13(18)8-14;/h3-5,8-9H,6-7,10-11,19H2,1-2H3;1H. The Labute approximate surface area is 153 Å². The zero-order valence-electron chi connectivity index (χ0n) is 13.8. The third-order valence-electron chi connectivity index (χ3n) is 4.63. The highest BCUT2D eigenvalue weighted by atomic mass is 35.5. The van der Waals surface area contributed by atoms with Gasteiger partial charge in [-0.15, -0.1) is 12.4 Å². The number of halogens is 2. The van der Waals surface area contributed by atoms with Crippen molar-refractivity contribution in [3.8, 4) is 5.69 Å². The van der Waals surface area contributed by atoms with Crippen LogP contribution in [0.3, 0.4) is 0 Å². The molecule has 0 bridgehead atoms. The van der Waals surface area contributed by atoms with E-state index in [9.17, 15) is 4.79 Å². The smallest absolute Gasteiger partial charge is 0.257 e. The minimum absolute atomic E-state index is 0. The molecule has 1 aromatic carbocycles. The van der Waals surface area contributed by atoms with Gasteiger partial charge < -0.3 is 10.6 Å². The highest BCUT2D eigenvalue weighted by molar-refractivity contribution is 6.30. The molecule has 2 heterocycles. The summed E-state index contributed by atoms with van der Waals surface area (Å²) in [7, 11) is 0. The maximum Gasteiger partial charge on any atom is 0.257 e. The van der Waals surface area contributed by atoms with Crippen LogP contribution in [0.2, 0.25) is 5.02 Å². The van der Waals surface area contributed by atoms with Gasteiger partial charge in [0, 0.05) is 18.1 Å². The molecule has 1 unspecified atom stereocenters. The minimum atomic E-state index is 0. The summed E-state index contributed by atoms with van der Waals surface area (Å²) in [6.07, 6.45) is 2.58. The number of aromatic nitrogens is 2. The highest BCUT2D eigenvalue weighted by Gasteiger charge is 2.36. The first-order valence-electron chi connectivity index (χ1n) is 7.73. The van der Waals surface area contributed by atoms with Crippen LogP contribution >= 0.6 is 24.0 Å². The molecule has 0 saturated carbocycles. The van der Waals surface area contributed by atoms with Crippen molar-refractivity contribution in [1.29, 1.82) is 0 Å². The van der Waals surface area contributed by atoms with Crippen LogP contribution in [0.15, 0.2) is 30.5 Å². The van der Waals surface area contributed by atoms with E-state index in [1.165, 1.54) is 0 Å². The van der Waals surface area contributed by atoms with E-state index in [4.69, 9.17) is 17.3 Å². The van der Waals surface area contributed by atoms with Crippen molar-refractivity contribution in [2.24, 2.45) is 11.1 Å². The number of hydrogen-bond donors (Lipinski definition) is 1. The first kappa shape index (κ1) is 18.8. The second kappa shape index (κ2) is 7.13. The number of nitrogens with zero attached hydrogens (tertiary/aromatic N) is 3. The molecular formula is C17H22Cl2N4O. The summed E-state index contributed by atoms with van der Waals surface area (Å²) < 4.78 is 1.75. The normalized spacial score (nSPS) is 20.1. The number of nitrogens with two attached hydrogens (primary N) is 1. The molecule has 5 nitrogen and oxygen atoms in total. The van der Waals surface area contributed by atoms with Crippen molar-refractivity contribution >= 4 is 29.9 Å². The number of rotatable bonds is 3. The van der Waals surface area contributed by atoms with E-state index in [1.807, 2.05) is 36.1 Å². The quantitative estimate of drug-likeness (QED) is 0.905. The SMILES string of the molecule is Cc1c(C(=O)N2CCC(C)(CN)C2)cnn1-c1cccc(Cl)c1.Cl. The summed E-state index contributed by atoms with van der Waals surface area (Å²) in [5.74, 6) is 0.0213. The number of hydrogen-bond acceptors (Lipinski definition) is 3. The molecule has 2 N–H and O–H groups in total. The maximum atomic E-state index is 12.8. The van der Waals surface area contributed by atoms with E-state index in [0.717, 1.165) is 24.3 Å². The number of benzene rings is 1. The molecule has 1 amide bonds. The topological polar surface area (TPSA) is 64.2 Å². The summed E-state index contributed by atoms with van der Waals surface area (Å²) in [5, 5.41) is 5.00. The van der Waals surface area contributed by atoms with Crippen molar-refractivity contribution in [3.63, 3.8) is 0 Å². The van der Waals surface area contributed by atoms with E-state index in [-0.39, 0.29) is 23.7 Å². The van der Waals surface area contributed by atoms with Gasteiger partial charge in [-0.25, -0.2) is 4.68 Å². The first-order chi connectivity index (χ1) is 10.9. The van der Waals surface area contributed by atoms with Crippen molar-refractivity contribution in [2.75, 3.05) is 19.6 Å². The number of amides is 1. The third kappa shape index (κ3) is 3.43. The van der Waals surface area contributed by atoms with Gasteiger partial charge >= 0.3 is 0 Å². The molecule has 1 fully saturated rings. The predicted octanol–water partition coefficient (Wildman–Crippen LogP) is 3.07. The van der Waals surface area contributed by atoms with E-state index in [0.29, 0.717) is 23.7 Å². The minimum Gasteiger partial charge on any atom is -0.338 e. The predicted molar refractivity (Wildman–Crippen MR) is 98.2 cm³/mol. The van der Waals surface area contributed by atoms with E-state index in [1.54, 1.807) is 10.9 Å². The Hall–Kier alpha value is -1.56. The molecular weight excluding hydrogens is 347 g/mol. The Kier molecular flexibility index (Phi) is 5.58. The molecule has 2 aromatic rings. The number of carbonyl (C=O) groups is 1. The Morgan fingerprint density at radius 1 is 1.46 bits per heavy atom. The molecule has 1 aromatic heterocycles. The molecule has 0 spiro atoms. The summed E-state index contributed by atoms with van der Waals surface area (Å²) in [5.41, 5.74) is 8.14. The van der Waals surface area contributed by atoms with Crippen LogP contribution in [0.1, 0.15) is 29.4 Å². The zero-order chi connectivity index (χ0) is 16.6. The molecule has 0 radical (unpaired) electrons. The lowest BCUT2D eigenvalue weighted by atomic mass is 9.90. The van der Waals surface area contributed by atoms with E-state index in [2.05, 4.69) is 12.0 Å². The molecule has 0 aliphatic carbocycles. The number of carbonyl (C=O) groups excluding carboxylic acids is 1. The van der Waals surface area contributed by atoms with Gasteiger partial charge in [0.2, 0.25) is 0 Å². The van der Waals surface area contributed by atoms with Gasteiger partial charge in [0.05, 0.1) is 23.1 Å². The third-order valence-corrected chi connectivity index (χ3v) is 4.87. The molecule has 24 heavy (non-hydrogen) atoms. The Morgan fingerprint density at radius 3 is 2.83 bits per heavy atom. The average Bonchev–Trinajstić information content (AvgIpc) is 3.11. The van der Waals surface area contributed by atoms with Crippen molar-refractivity contribution in [2.45, 2.75) is 20.3 Å². The maximum absolute atomic E-state index is 12.8. The van der Waals surface area contributed by atoms with Crippen molar-refractivity contribution in [3.05, 3.63) is 46.7 Å². The lowest BCUT2D eigenvalue weighted by Crippen LogP contribution is -2.34. The molecule has 3 rings (SSSR count). The Bertz CT molecular complexity index is 746. The molecule has 130 valence electrons. The Morgan fingerprint density at radius 2 is 2.21 bits per heavy atom. The van der Waals surface area contributed by atoms with Gasteiger partial charge in [0.15, 0.2) is 0 Å².